The average molecular weight is 256 g/mol. The van der Waals surface area contributed by atoms with E-state index in [0.717, 1.165) is 31.1 Å². The van der Waals surface area contributed by atoms with Gasteiger partial charge in [-0.25, -0.2) is 0 Å². The fourth-order valence-corrected chi connectivity index (χ4v) is 2.07. The van der Waals surface area contributed by atoms with Crippen LogP contribution in [0.25, 0.3) is 0 Å². The van der Waals surface area contributed by atoms with E-state index in [4.69, 9.17) is 4.43 Å². The zero-order valence-corrected chi connectivity index (χ0v) is 13.3. The Morgan fingerprint density at radius 2 is 1.88 bits per heavy atom. The predicted octanol–water partition coefficient (Wildman–Crippen LogP) is 4.32. The van der Waals surface area contributed by atoms with E-state index >= 15 is 0 Å². The van der Waals surface area contributed by atoms with Crippen LogP contribution in [-0.4, -0.2) is 21.2 Å². The van der Waals surface area contributed by atoms with E-state index in [1.165, 1.54) is 0 Å². The monoisotopic (exact) mass is 256 g/mol. The van der Waals surface area contributed by atoms with Gasteiger partial charge in [0.2, 0.25) is 0 Å². The first-order valence-corrected chi connectivity index (χ1v) is 9.43. The summed E-state index contributed by atoms with van der Waals surface area (Å²) in [5, 5.41) is 0.199. The van der Waals surface area contributed by atoms with Gasteiger partial charge in [0.25, 0.3) is 0 Å². The minimum atomic E-state index is -1.73. The van der Waals surface area contributed by atoms with Crippen molar-refractivity contribution in [3.63, 3.8) is 0 Å². The summed E-state index contributed by atoms with van der Waals surface area (Å²) in [7, 11) is -1.73. The van der Waals surface area contributed by atoms with E-state index in [9.17, 15) is 4.79 Å². The lowest BCUT2D eigenvalue weighted by Crippen LogP contribution is -2.41. The molecule has 0 fully saturated rings. The van der Waals surface area contributed by atoms with Crippen LogP contribution < -0.4 is 0 Å². The minimum Gasteiger partial charge on any atom is -0.412 e. The first kappa shape index (κ1) is 16.6. The topological polar surface area (TPSA) is 26.3 Å². The highest BCUT2D eigenvalue weighted by atomic mass is 28.4. The summed E-state index contributed by atoms with van der Waals surface area (Å²) in [6.45, 7) is 13.7. The molecular formula is C14H28O2Si. The minimum absolute atomic E-state index is 0.199. The predicted molar refractivity (Wildman–Crippen MR) is 76.8 cm³/mol. The van der Waals surface area contributed by atoms with Crippen LogP contribution in [0, 0.1) is 0 Å². The molecule has 0 aliphatic rings. The van der Waals surface area contributed by atoms with Gasteiger partial charge in [-0.3, -0.25) is 4.79 Å². The summed E-state index contributed by atoms with van der Waals surface area (Å²) >= 11 is 0. The lowest BCUT2D eigenvalue weighted by atomic mass is 10.2. The van der Waals surface area contributed by atoms with Gasteiger partial charge in [-0.05, 0) is 24.6 Å². The van der Waals surface area contributed by atoms with Gasteiger partial charge >= 0.3 is 0 Å². The molecule has 0 saturated carbocycles. The molecule has 0 aromatic carbocycles. The van der Waals surface area contributed by atoms with Crippen LogP contribution in [0.3, 0.4) is 0 Å². The third-order valence-electron chi connectivity index (χ3n) is 3.52. The van der Waals surface area contributed by atoms with Crippen molar-refractivity contribution in [3.05, 3.63) is 11.6 Å². The highest BCUT2D eigenvalue weighted by molar-refractivity contribution is 6.74. The Bertz CT molecular complexity index is 262. The van der Waals surface area contributed by atoms with Crippen molar-refractivity contribution in [2.75, 3.05) is 6.61 Å². The van der Waals surface area contributed by atoms with Crippen molar-refractivity contribution in [1.29, 1.82) is 0 Å². The van der Waals surface area contributed by atoms with Crippen molar-refractivity contribution in [1.82, 2.24) is 0 Å². The molecule has 100 valence electrons. The number of carbonyl (C=O) groups excluding carboxylic acids is 1. The van der Waals surface area contributed by atoms with Crippen molar-refractivity contribution in [3.8, 4) is 0 Å². The smallest absolute Gasteiger partial charge is 0.192 e. The zero-order chi connectivity index (χ0) is 13.5. The number of carbonyl (C=O) groups is 1. The van der Waals surface area contributed by atoms with E-state index in [1.807, 2.05) is 6.08 Å². The van der Waals surface area contributed by atoms with Crippen molar-refractivity contribution in [2.24, 2.45) is 0 Å². The lowest BCUT2D eigenvalue weighted by Gasteiger charge is -2.36. The molecule has 0 atom stereocenters. The highest BCUT2D eigenvalue weighted by Crippen LogP contribution is 2.36. The van der Waals surface area contributed by atoms with Gasteiger partial charge in [-0.15, -0.1) is 0 Å². The molecule has 0 aromatic heterocycles. The summed E-state index contributed by atoms with van der Waals surface area (Å²) in [5.74, 6) is 0. The van der Waals surface area contributed by atoms with E-state index in [0.29, 0.717) is 6.61 Å². The number of aldehydes is 1. The SMILES string of the molecule is CCCC/C=C(/C=O)CO[Si](C)(C)C(C)(C)C. The van der Waals surface area contributed by atoms with Gasteiger partial charge in [-0.2, -0.15) is 0 Å². The van der Waals surface area contributed by atoms with Crippen LogP contribution in [0.5, 0.6) is 0 Å². The molecule has 0 bridgehead atoms. The summed E-state index contributed by atoms with van der Waals surface area (Å²) in [6, 6.07) is 0. The van der Waals surface area contributed by atoms with E-state index in [1.54, 1.807) is 0 Å². The Morgan fingerprint density at radius 1 is 1.29 bits per heavy atom. The van der Waals surface area contributed by atoms with Gasteiger partial charge in [0, 0.05) is 5.57 Å². The van der Waals surface area contributed by atoms with E-state index in [-0.39, 0.29) is 5.04 Å². The molecule has 0 N–H and O–H groups in total. The largest absolute Gasteiger partial charge is 0.412 e. The fourth-order valence-electron chi connectivity index (χ4n) is 1.11. The van der Waals surface area contributed by atoms with Crippen LogP contribution in [0.4, 0.5) is 0 Å². The second-order valence-electron chi connectivity index (χ2n) is 6.09. The molecule has 0 amide bonds. The molecule has 0 aromatic rings. The van der Waals surface area contributed by atoms with Crippen molar-refractivity contribution >= 4 is 14.6 Å². The molecule has 0 unspecified atom stereocenters. The molecular weight excluding hydrogens is 228 g/mol. The van der Waals surface area contributed by atoms with Gasteiger partial charge in [0.05, 0.1) is 6.61 Å². The molecule has 0 aliphatic heterocycles. The number of hydrogen-bond acceptors (Lipinski definition) is 2. The Labute approximate surface area is 108 Å². The van der Waals surface area contributed by atoms with Crippen LogP contribution in [0.1, 0.15) is 47.0 Å². The molecule has 2 nitrogen and oxygen atoms in total. The van der Waals surface area contributed by atoms with Gasteiger partial charge in [0.15, 0.2) is 8.32 Å². The van der Waals surface area contributed by atoms with Gasteiger partial charge < -0.3 is 4.43 Å². The van der Waals surface area contributed by atoms with Crippen LogP contribution >= 0.6 is 0 Å². The summed E-state index contributed by atoms with van der Waals surface area (Å²) in [5.41, 5.74) is 0.795. The molecule has 0 aliphatic carbocycles. The highest BCUT2D eigenvalue weighted by Gasteiger charge is 2.37. The lowest BCUT2D eigenvalue weighted by molar-refractivity contribution is -0.105. The Kier molecular flexibility index (Phi) is 6.94. The van der Waals surface area contributed by atoms with Crippen molar-refractivity contribution in [2.45, 2.75) is 65.1 Å². The summed E-state index contributed by atoms with van der Waals surface area (Å²) in [6.07, 6.45) is 6.22. The van der Waals surface area contributed by atoms with Gasteiger partial charge in [-0.1, -0.05) is 46.6 Å². The average Bonchev–Trinajstić information content (AvgIpc) is 2.21. The first-order chi connectivity index (χ1) is 7.74. The Hall–Kier alpha value is -0.413. The zero-order valence-electron chi connectivity index (χ0n) is 12.3. The third kappa shape index (κ3) is 6.17. The molecule has 3 heteroatoms. The Balaban J connectivity index is 4.33. The summed E-state index contributed by atoms with van der Waals surface area (Å²) < 4.78 is 6.02. The summed E-state index contributed by atoms with van der Waals surface area (Å²) in [4.78, 5) is 10.9. The maximum absolute atomic E-state index is 10.9. The van der Waals surface area contributed by atoms with E-state index < -0.39 is 8.32 Å². The van der Waals surface area contributed by atoms with Crippen LogP contribution in [0.2, 0.25) is 18.1 Å². The number of rotatable bonds is 7. The van der Waals surface area contributed by atoms with E-state index in [2.05, 4.69) is 40.8 Å². The molecule has 0 heterocycles. The quantitative estimate of drug-likeness (QED) is 0.293. The second-order valence-corrected chi connectivity index (χ2v) is 10.9. The molecule has 17 heavy (non-hydrogen) atoms. The number of unbranched alkanes of at least 4 members (excludes halogenated alkanes) is 2. The fraction of sp³-hybridized carbons (Fsp3) is 0.786. The Morgan fingerprint density at radius 3 is 2.29 bits per heavy atom. The third-order valence-corrected chi connectivity index (χ3v) is 8.00. The van der Waals surface area contributed by atoms with Crippen LogP contribution in [-0.2, 0) is 9.22 Å². The molecule has 0 saturated heterocycles. The molecule has 0 radical (unpaired) electrons. The maximum atomic E-state index is 10.9. The number of allylic oxidation sites excluding steroid dienone is 1. The molecule has 0 spiro atoms. The van der Waals surface area contributed by atoms with Gasteiger partial charge in [0.1, 0.15) is 6.29 Å². The second kappa shape index (κ2) is 7.12. The van der Waals surface area contributed by atoms with Crippen molar-refractivity contribution < 1.29 is 9.22 Å². The van der Waals surface area contributed by atoms with Crippen LogP contribution in [0.15, 0.2) is 11.6 Å². The maximum Gasteiger partial charge on any atom is 0.192 e. The molecule has 0 rings (SSSR count). The standard InChI is InChI=1S/C14H28O2Si/c1-7-8-9-10-13(11-15)12-16-17(5,6)14(2,3)4/h10-11H,7-9,12H2,1-6H3/b13-10-. The number of hydrogen-bond donors (Lipinski definition) is 0. The first-order valence-electron chi connectivity index (χ1n) is 6.52. The normalized spacial score (nSPS) is 13.9.